The number of carbonyl (C=O) groups is 2. The van der Waals surface area contributed by atoms with Crippen molar-refractivity contribution in [2.24, 2.45) is 0 Å². The van der Waals surface area contributed by atoms with Crippen molar-refractivity contribution in [1.29, 1.82) is 0 Å². The number of carbonyl (C=O) groups excluding carboxylic acids is 2. The fourth-order valence-corrected chi connectivity index (χ4v) is 3.66. The van der Waals surface area contributed by atoms with Gasteiger partial charge in [0.2, 0.25) is 0 Å². The van der Waals surface area contributed by atoms with Gasteiger partial charge in [-0.05, 0) is 22.0 Å². The van der Waals surface area contributed by atoms with Gasteiger partial charge in [0, 0.05) is 21.2 Å². The van der Waals surface area contributed by atoms with Crippen molar-refractivity contribution in [3.8, 4) is 0 Å². The molecule has 1 aliphatic rings. The second kappa shape index (κ2) is 4.04. The van der Waals surface area contributed by atoms with Gasteiger partial charge in [0.15, 0.2) is 11.6 Å². The smallest absolute Gasteiger partial charge is 0.196 e. The maximum absolute atomic E-state index is 12.6. The van der Waals surface area contributed by atoms with Gasteiger partial charge in [-0.1, -0.05) is 24.3 Å². The van der Waals surface area contributed by atoms with Crippen molar-refractivity contribution in [2.45, 2.75) is 0 Å². The SMILES string of the molecule is O=C1c2ccccc2C(=O)c2c1cc(Br)c1nsnc21. The van der Waals surface area contributed by atoms with Crippen LogP contribution in [0.15, 0.2) is 34.8 Å². The highest BCUT2D eigenvalue weighted by molar-refractivity contribution is 9.10. The van der Waals surface area contributed by atoms with Gasteiger partial charge in [0.05, 0.1) is 17.3 Å². The minimum absolute atomic E-state index is 0.147. The number of hydrogen-bond acceptors (Lipinski definition) is 5. The summed E-state index contributed by atoms with van der Waals surface area (Å²) in [5, 5.41) is 0. The molecule has 2 aromatic carbocycles. The Morgan fingerprint density at radius 2 is 1.55 bits per heavy atom. The molecule has 0 amide bonds. The molecule has 0 bridgehead atoms. The van der Waals surface area contributed by atoms with E-state index < -0.39 is 0 Å². The molecule has 1 heterocycles. The third kappa shape index (κ3) is 1.40. The minimum Gasteiger partial charge on any atom is -0.289 e. The van der Waals surface area contributed by atoms with E-state index in [9.17, 15) is 9.59 Å². The van der Waals surface area contributed by atoms with E-state index in [0.29, 0.717) is 37.8 Å². The van der Waals surface area contributed by atoms with Crippen LogP contribution in [-0.2, 0) is 0 Å². The van der Waals surface area contributed by atoms with Crippen LogP contribution in [0.5, 0.6) is 0 Å². The zero-order valence-electron chi connectivity index (χ0n) is 9.88. The lowest BCUT2D eigenvalue weighted by Crippen LogP contribution is -2.21. The molecule has 0 radical (unpaired) electrons. The van der Waals surface area contributed by atoms with Crippen molar-refractivity contribution in [3.63, 3.8) is 0 Å². The lowest BCUT2D eigenvalue weighted by Gasteiger charge is -2.17. The summed E-state index contributed by atoms with van der Waals surface area (Å²) in [6.45, 7) is 0. The van der Waals surface area contributed by atoms with Gasteiger partial charge in [-0.25, -0.2) is 0 Å². The Balaban J connectivity index is 2.16. The number of hydrogen-bond donors (Lipinski definition) is 0. The van der Waals surface area contributed by atoms with Crippen molar-refractivity contribution in [3.05, 3.63) is 57.1 Å². The topological polar surface area (TPSA) is 59.9 Å². The normalized spacial score (nSPS) is 13.4. The molecule has 20 heavy (non-hydrogen) atoms. The zero-order chi connectivity index (χ0) is 13.9. The summed E-state index contributed by atoms with van der Waals surface area (Å²) < 4.78 is 9.02. The Morgan fingerprint density at radius 3 is 2.30 bits per heavy atom. The van der Waals surface area contributed by atoms with E-state index in [1.54, 1.807) is 30.3 Å². The third-order valence-corrected chi connectivity index (χ3v) is 4.51. The molecule has 4 rings (SSSR count). The monoisotopic (exact) mass is 344 g/mol. The van der Waals surface area contributed by atoms with Crippen LogP contribution in [0.1, 0.15) is 31.8 Å². The first-order valence-electron chi connectivity index (χ1n) is 5.81. The summed E-state index contributed by atoms with van der Waals surface area (Å²) in [7, 11) is 0. The van der Waals surface area contributed by atoms with Crippen LogP contribution in [0.4, 0.5) is 0 Å². The quantitative estimate of drug-likeness (QED) is 0.491. The molecule has 0 N–H and O–H groups in total. The number of ketones is 2. The first kappa shape index (κ1) is 11.9. The van der Waals surface area contributed by atoms with Crippen molar-refractivity contribution in [1.82, 2.24) is 8.75 Å². The molecule has 0 saturated heterocycles. The Kier molecular flexibility index (Phi) is 2.40. The predicted octanol–water partition coefficient (Wildman–Crippen LogP) is 3.23. The van der Waals surface area contributed by atoms with Gasteiger partial charge in [-0.15, -0.1) is 0 Å². The number of aromatic nitrogens is 2. The molecule has 0 spiro atoms. The Hall–Kier alpha value is -1.92. The minimum atomic E-state index is -0.166. The first-order valence-corrected chi connectivity index (χ1v) is 7.34. The maximum Gasteiger partial charge on any atom is 0.196 e. The molecule has 3 aromatic rings. The van der Waals surface area contributed by atoms with Gasteiger partial charge < -0.3 is 0 Å². The highest BCUT2D eigenvalue weighted by Crippen LogP contribution is 2.35. The van der Waals surface area contributed by atoms with Gasteiger partial charge in [0.25, 0.3) is 0 Å². The average molecular weight is 345 g/mol. The number of fused-ring (bicyclic) bond motifs is 4. The Morgan fingerprint density at radius 1 is 0.900 bits per heavy atom. The highest BCUT2D eigenvalue weighted by Gasteiger charge is 2.32. The standard InChI is InChI=1S/C14H5BrN2O2S/c15-9-5-8-10(12-11(9)16-20-17-12)14(19)7-4-2-1-3-6(7)13(8)18/h1-5H. The fraction of sp³-hybridized carbons (Fsp3) is 0. The Bertz CT molecular complexity index is 917. The van der Waals surface area contributed by atoms with Crippen LogP contribution in [0.3, 0.4) is 0 Å². The number of nitrogens with zero attached hydrogens (tertiary/aromatic N) is 2. The summed E-state index contributed by atoms with van der Waals surface area (Å²) in [6.07, 6.45) is 0. The summed E-state index contributed by atoms with van der Waals surface area (Å²) in [5.41, 5.74) is 2.74. The van der Waals surface area contributed by atoms with Crippen LogP contribution < -0.4 is 0 Å². The third-order valence-electron chi connectivity index (χ3n) is 3.38. The lowest BCUT2D eigenvalue weighted by atomic mass is 9.83. The van der Waals surface area contributed by atoms with Crippen LogP contribution in [-0.4, -0.2) is 20.3 Å². The second-order valence-corrected chi connectivity index (χ2v) is 5.83. The number of halogens is 1. The average Bonchev–Trinajstić information content (AvgIpc) is 2.94. The maximum atomic E-state index is 12.6. The zero-order valence-corrected chi connectivity index (χ0v) is 12.3. The molecule has 0 atom stereocenters. The van der Waals surface area contributed by atoms with E-state index in [0.717, 1.165) is 11.7 Å². The summed E-state index contributed by atoms with van der Waals surface area (Å²) in [5.74, 6) is -0.314. The molecule has 96 valence electrons. The van der Waals surface area contributed by atoms with Crippen LogP contribution in [0.25, 0.3) is 11.0 Å². The van der Waals surface area contributed by atoms with E-state index in [1.807, 2.05) is 0 Å². The second-order valence-electron chi connectivity index (χ2n) is 4.45. The van der Waals surface area contributed by atoms with Gasteiger partial charge >= 0.3 is 0 Å². The van der Waals surface area contributed by atoms with E-state index in [1.165, 1.54) is 0 Å². The summed E-state index contributed by atoms with van der Waals surface area (Å²) in [6, 6.07) is 8.52. The Labute approximate surface area is 125 Å². The molecular formula is C14H5BrN2O2S. The first-order chi connectivity index (χ1) is 9.68. The van der Waals surface area contributed by atoms with Crippen LogP contribution >= 0.6 is 27.7 Å². The summed E-state index contributed by atoms with van der Waals surface area (Å²) >= 11 is 4.41. The predicted molar refractivity (Wildman–Crippen MR) is 78.4 cm³/mol. The number of benzene rings is 2. The van der Waals surface area contributed by atoms with E-state index in [-0.39, 0.29) is 11.6 Å². The molecule has 1 aliphatic carbocycles. The van der Waals surface area contributed by atoms with Gasteiger partial charge in [0.1, 0.15) is 11.0 Å². The van der Waals surface area contributed by atoms with Crippen LogP contribution in [0.2, 0.25) is 0 Å². The molecule has 0 aliphatic heterocycles. The van der Waals surface area contributed by atoms with Gasteiger partial charge in [-0.3, -0.25) is 9.59 Å². The molecule has 0 unspecified atom stereocenters. The molecule has 0 fully saturated rings. The summed E-state index contributed by atoms with van der Waals surface area (Å²) in [4.78, 5) is 25.2. The van der Waals surface area contributed by atoms with E-state index >= 15 is 0 Å². The molecule has 6 heteroatoms. The molecular weight excluding hydrogens is 340 g/mol. The van der Waals surface area contributed by atoms with E-state index in [4.69, 9.17) is 0 Å². The van der Waals surface area contributed by atoms with Crippen LogP contribution in [0, 0.1) is 0 Å². The number of rotatable bonds is 0. The lowest BCUT2D eigenvalue weighted by molar-refractivity contribution is 0.0980. The van der Waals surface area contributed by atoms with Gasteiger partial charge in [-0.2, -0.15) is 8.75 Å². The molecule has 0 saturated carbocycles. The van der Waals surface area contributed by atoms with Crippen molar-refractivity contribution < 1.29 is 9.59 Å². The van der Waals surface area contributed by atoms with E-state index in [2.05, 4.69) is 24.7 Å². The van der Waals surface area contributed by atoms with Crippen molar-refractivity contribution in [2.75, 3.05) is 0 Å². The highest BCUT2D eigenvalue weighted by atomic mass is 79.9. The van der Waals surface area contributed by atoms with Crippen molar-refractivity contribution >= 4 is 50.3 Å². The largest absolute Gasteiger partial charge is 0.289 e. The molecule has 1 aromatic heterocycles. The fourth-order valence-electron chi connectivity index (χ4n) is 2.47. The molecule has 4 nitrogen and oxygen atoms in total.